The summed E-state index contributed by atoms with van der Waals surface area (Å²) in [6, 6.07) is -1.01. The topological polar surface area (TPSA) is 226 Å². The van der Waals surface area contributed by atoms with Crippen LogP contribution in [0.1, 0.15) is 25.7 Å². The molecule has 7 N–H and O–H groups in total. The number of hydrogen-bond donors (Lipinski definition) is 6. The average Bonchev–Trinajstić information content (AvgIpc) is 3.24. The Morgan fingerprint density at radius 2 is 1.45 bits per heavy atom. The highest BCUT2D eigenvalue weighted by molar-refractivity contribution is 6.13. The second kappa shape index (κ2) is 16.2. The first kappa shape index (κ1) is 31.4. The van der Waals surface area contributed by atoms with Gasteiger partial charge in [-0.1, -0.05) is 24.3 Å². The van der Waals surface area contributed by atoms with Gasteiger partial charge in [0.05, 0.1) is 19.6 Å². The number of primary amides is 1. The standard InChI is InChI=1S/C25H33N7O8/c26-18(33)8-10-27-20(35)14-30-25(40)17(12-16-4-2-1-3-5-16)31-22(37)15-29-21(36)13-28-19(34)9-11-32-23(38)6-7-24(32)39/h1-4,6-7,16-17H,5,8-15H2,(H2,26,33)(H,27,35)(H,28,34)(H,29,36)(H,30,40)(H,31,37)/t16?,17-/m0/s1. The number of carbonyl (C=O) groups excluding carboxylic acids is 8. The van der Waals surface area contributed by atoms with Crippen molar-refractivity contribution in [3.05, 3.63) is 36.5 Å². The lowest BCUT2D eigenvalue weighted by Crippen LogP contribution is -2.52. The summed E-state index contributed by atoms with van der Waals surface area (Å²) in [5.41, 5.74) is 5.01. The summed E-state index contributed by atoms with van der Waals surface area (Å²) in [5.74, 6) is -4.72. The van der Waals surface area contributed by atoms with E-state index < -0.39 is 66.4 Å². The monoisotopic (exact) mass is 559 g/mol. The molecule has 216 valence electrons. The number of carbonyl (C=O) groups is 8. The number of imide groups is 1. The minimum Gasteiger partial charge on any atom is -0.370 e. The van der Waals surface area contributed by atoms with Gasteiger partial charge in [-0.3, -0.25) is 43.3 Å². The molecule has 1 unspecified atom stereocenters. The van der Waals surface area contributed by atoms with Gasteiger partial charge in [0, 0.05) is 38.1 Å². The number of amides is 8. The Labute approximate surface area is 230 Å². The number of hydrogen-bond acceptors (Lipinski definition) is 8. The zero-order valence-electron chi connectivity index (χ0n) is 21.8. The Bertz CT molecular complexity index is 1100. The maximum atomic E-state index is 12.7. The molecule has 0 bridgehead atoms. The third-order valence-electron chi connectivity index (χ3n) is 5.73. The fourth-order valence-electron chi connectivity index (χ4n) is 3.64. The summed E-state index contributed by atoms with van der Waals surface area (Å²) in [6.45, 7) is -1.41. The van der Waals surface area contributed by atoms with Gasteiger partial charge in [0.25, 0.3) is 11.8 Å². The van der Waals surface area contributed by atoms with Crippen molar-refractivity contribution in [1.29, 1.82) is 0 Å². The number of nitrogens with one attached hydrogen (secondary N) is 5. The summed E-state index contributed by atoms with van der Waals surface area (Å²) in [4.78, 5) is 95.7. The van der Waals surface area contributed by atoms with Gasteiger partial charge in [-0.05, 0) is 18.8 Å². The highest BCUT2D eigenvalue weighted by Gasteiger charge is 2.25. The van der Waals surface area contributed by atoms with Crippen LogP contribution in [0.15, 0.2) is 36.5 Å². The van der Waals surface area contributed by atoms with E-state index in [9.17, 15) is 38.4 Å². The third-order valence-corrected chi connectivity index (χ3v) is 5.73. The third kappa shape index (κ3) is 11.7. The molecule has 40 heavy (non-hydrogen) atoms. The molecule has 0 aromatic rings. The first-order chi connectivity index (χ1) is 19.0. The lowest BCUT2D eigenvalue weighted by atomic mass is 9.93. The van der Waals surface area contributed by atoms with E-state index in [1.54, 1.807) is 0 Å². The van der Waals surface area contributed by atoms with E-state index in [0.29, 0.717) is 6.42 Å². The van der Waals surface area contributed by atoms with Gasteiger partial charge in [-0.15, -0.1) is 0 Å². The predicted octanol–water partition coefficient (Wildman–Crippen LogP) is -3.35. The van der Waals surface area contributed by atoms with Gasteiger partial charge in [-0.25, -0.2) is 0 Å². The van der Waals surface area contributed by atoms with E-state index >= 15 is 0 Å². The van der Waals surface area contributed by atoms with Crippen molar-refractivity contribution in [2.24, 2.45) is 11.7 Å². The van der Waals surface area contributed by atoms with Gasteiger partial charge in [0.15, 0.2) is 0 Å². The van der Waals surface area contributed by atoms with Crippen LogP contribution >= 0.6 is 0 Å². The molecule has 2 atom stereocenters. The largest absolute Gasteiger partial charge is 0.370 e. The minimum absolute atomic E-state index is 0.0266. The van der Waals surface area contributed by atoms with Crippen LogP contribution in [0.25, 0.3) is 0 Å². The first-order valence-corrected chi connectivity index (χ1v) is 12.6. The lowest BCUT2D eigenvalue weighted by molar-refractivity contribution is -0.137. The van der Waals surface area contributed by atoms with Crippen LogP contribution in [0.2, 0.25) is 0 Å². The van der Waals surface area contributed by atoms with E-state index in [4.69, 9.17) is 5.73 Å². The fourth-order valence-corrected chi connectivity index (χ4v) is 3.64. The molecule has 2 aliphatic rings. The molecule has 15 heteroatoms. The summed E-state index contributed by atoms with van der Waals surface area (Å²) in [5, 5.41) is 12.1. The summed E-state index contributed by atoms with van der Waals surface area (Å²) in [6.07, 6.45) is 10.3. The van der Waals surface area contributed by atoms with Crippen LogP contribution in [0.5, 0.6) is 0 Å². The van der Waals surface area contributed by atoms with Crippen molar-refractivity contribution in [2.45, 2.75) is 31.7 Å². The Hall–Kier alpha value is -4.82. The van der Waals surface area contributed by atoms with E-state index in [1.165, 1.54) is 0 Å². The smallest absolute Gasteiger partial charge is 0.253 e. The molecule has 15 nitrogen and oxygen atoms in total. The maximum Gasteiger partial charge on any atom is 0.253 e. The Morgan fingerprint density at radius 1 is 0.825 bits per heavy atom. The van der Waals surface area contributed by atoms with Gasteiger partial charge >= 0.3 is 0 Å². The molecule has 0 aromatic carbocycles. The van der Waals surface area contributed by atoms with Crippen LogP contribution in [0.4, 0.5) is 0 Å². The zero-order chi connectivity index (χ0) is 29.5. The number of rotatable bonds is 16. The molecule has 0 aromatic heterocycles. The van der Waals surface area contributed by atoms with E-state index in [1.807, 2.05) is 24.3 Å². The van der Waals surface area contributed by atoms with Crippen LogP contribution in [-0.4, -0.2) is 90.9 Å². The Kier molecular flexibility index (Phi) is 12.7. The fraction of sp³-hybridized carbons (Fsp3) is 0.440. The highest BCUT2D eigenvalue weighted by Crippen LogP contribution is 2.17. The molecular weight excluding hydrogens is 526 g/mol. The molecule has 0 spiro atoms. The van der Waals surface area contributed by atoms with Crippen molar-refractivity contribution in [3.8, 4) is 0 Å². The molecule has 1 heterocycles. The number of nitrogens with zero attached hydrogens (tertiary/aromatic N) is 1. The molecule has 8 amide bonds. The zero-order valence-corrected chi connectivity index (χ0v) is 21.8. The van der Waals surface area contributed by atoms with Crippen molar-refractivity contribution in [2.75, 3.05) is 32.7 Å². The molecule has 0 saturated carbocycles. The van der Waals surface area contributed by atoms with Gasteiger partial charge < -0.3 is 32.3 Å². The van der Waals surface area contributed by atoms with Crippen LogP contribution in [0, 0.1) is 5.92 Å². The quantitative estimate of drug-likeness (QED) is 0.104. The van der Waals surface area contributed by atoms with Crippen LogP contribution in [-0.2, 0) is 38.4 Å². The molecule has 0 radical (unpaired) electrons. The molecule has 2 rings (SSSR count). The molecular formula is C25H33N7O8. The van der Waals surface area contributed by atoms with E-state index in [0.717, 1.165) is 17.1 Å². The van der Waals surface area contributed by atoms with Crippen LogP contribution < -0.4 is 32.3 Å². The van der Waals surface area contributed by atoms with Crippen molar-refractivity contribution in [1.82, 2.24) is 31.5 Å². The average molecular weight is 560 g/mol. The van der Waals surface area contributed by atoms with Gasteiger partial charge in [0.2, 0.25) is 35.4 Å². The Morgan fingerprint density at radius 3 is 2.10 bits per heavy atom. The van der Waals surface area contributed by atoms with Crippen molar-refractivity contribution in [3.63, 3.8) is 0 Å². The Balaban J connectivity index is 1.76. The highest BCUT2D eigenvalue weighted by atomic mass is 16.2. The second-order valence-electron chi connectivity index (χ2n) is 8.91. The van der Waals surface area contributed by atoms with Gasteiger partial charge in [-0.2, -0.15) is 0 Å². The van der Waals surface area contributed by atoms with Gasteiger partial charge in [0.1, 0.15) is 6.04 Å². The first-order valence-electron chi connectivity index (χ1n) is 12.6. The number of allylic oxidation sites excluding steroid dienone is 4. The molecule has 1 aliphatic carbocycles. The SMILES string of the molecule is NC(=O)CCNC(=O)CNC(=O)[C@H](CC1C=CC=CC1)NC(=O)CNC(=O)CNC(=O)CCN1C(=O)C=CC1=O. The van der Waals surface area contributed by atoms with E-state index in [-0.39, 0.29) is 44.8 Å². The summed E-state index contributed by atoms with van der Waals surface area (Å²) < 4.78 is 0. The van der Waals surface area contributed by atoms with Crippen LogP contribution in [0.3, 0.4) is 0 Å². The molecule has 0 saturated heterocycles. The number of nitrogens with two attached hydrogens (primary N) is 1. The normalized spacial score (nSPS) is 16.3. The lowest BCUT2D eigenvalue weighted by Gasteiger charge is -2.22. The molecule has 0 fully saturated rings. The molecule has 1 aliphatic heterocycles. The summed E-state index contributed by atoms with van der Waals surface area (Å²) in [7, 11) is 0. The second-order valence-corrected chi connectivity index (χ2v) is 8.91. The summed E-state index contributed by atoms with van der Waals surface area (Å²) >= 11 is 0. The minimum atomic E-state index is -1.01. The van der Waals surface area contributed by atoms with Crippen molar-refractivity contribution < 1.29 is 38.4 Å². The maximum absolute atomic E-state index is 12.7. The predicted molar refractivity (Wildman–Crippen MR) is 139 cm³/mol. The van der Waals surface area contributed by atoms with Crippen molar-refractivity contribution >= 4 is 47.3 Å². The van der Waals surface area contributed by atoms with E-state index in [2.05, 4.69) is 26.6 Å².